The van der Waals surface area contributed by atoms with E-state index in [2.05, 4.69) is 68.2 Å². The first-order valence-electron chi connectivity index (χ1n) is 12.8. The predicted octanol–water partition coefficient (Wildman–Crippen LogP) is 9.19. The molecule has 6 rings (SSSR count). The van der Waals surface area contributed by atoms with Gasteiger partial charge in [0.2, 0.25) is 0 Å². The van der Waals surface area contributed by atoms with Crippen LogP contribution in [0.3, 0.4) is 0 Å². The number of aromatic nitrogens is 1. The van der Waals surface area contributed by atoms with Crippen molar-refractivity contribution in [2.45, 2.75) is 40.0 Å². The number of pyridine rings is 1. The Morgan fingerprint density at radius 1 is 0.925 bits per heavy atom. The number of hydrogen-bond acceptors (Lipinski definition) is 5. The van der Waals surface area contributed by atoms with Crippen molar-refractivity contribution in [2.24, 2.45) is 0 Å². The van der Waals surface area contributed by atoms with E-state index in [4.69, 9.17) is 13.9 Å². The van der Waals surface area contributed by atoms with Gasteiger partial charge in [0.1, 0.15) is 11.3 Å². The fraction of sp³-hybridized carbons (Fsp3) is 0.176. The van der Waals surface area contributed by atoms with Crippen LogP contribution >= 0.6 is 0 Å². The van der Waals surface area contributed by atoms with Gasteiger partial charge in [-0.2, -0.15) is 0 Å². The molecule has 0 saturated heterocycles. The monoisotopic (exact) mass is 709 g/mol. The molecule has 3 aromatic heterocycles. The molecule has 6 aromatic rings. The number of para-hydroxylation sites is 1. The number of nitrogens with zero attached hydrogens (tertiary/aromatic N) is 1. The van der Waals surface area contributed by atoms with Gasteiger partial charge in [-0.25, -0.2) is 0 Å². The van der Waals surface area contributed by atoms with Crippen LogP contribution in [0, 0.1) is 6.07 Å². The van der Waals surface area contributed by atoms with E-state index in [1.165, 1.54) is 25.5 Å². The van der Waals surface area contributed by atoms with E-state index in [1.54, 1.807) is 6.20 Å². The van der Waals surface area contributed by atoms with Crippen molar-refractivity contribution >= 4 is 38.7 Å². The maximum Gasteiger partial charge on any atom is 0.155 e. The van der Waals surface area contributed by atoms with Crippen LogP contribution in [-0.4, -0.2) is 15.9 Å². The summed E-state index contributed by atoms with van der Waals surface area (Å²) in [5.41, 5.74) is 6.60. The van der Waals surface area contributed by atoms with Crippen molar-refractivity contribution in [1.82, 2.24) is 4.98 Å². The Bertz CT molecular complexity index is 1830. The van der Waals surface area contributed by atoms with E-state index < -0.39 is 0 Å². The van der Waals surface area contributed by atoms with Crippen molar-refractivity contribution in [3.63, 3.8) is 0 Å². The summed E-state index contributed by atoms with van der Waals surface area (Å²) in [4.78, 5) is 14.7. The van der Waals surface area contributed by atoms with Crippen LogP contribution in [0.5, 0.6) is 0 Å². The summed E-state index contributed by atoms with van der Waals surface area (Å²) < 4.78 is 12.3. The second-order valence-corrected chi connectivity index (χ2v) is 10.6. The average molecular weight is 709 g/mol. The molecule has 205 valence electrons. The molecule has 0 unspecified atom stereocenters. The summed E-state index contributed by atoms with van der Waals surface area (Å²) >= 11 is 0. The number of allylic oxidation sites excluding steroid dienone is 2. The number of aliphatic hydroxyl groups excluding tert-OH is 1. The fourth-order valence-electron chi connectivity index (χ4n) is 4.53. The minimum atomic E-state index is -0.125. The van der Waals surface area contributed by atoms with E-state index >= 15 is 0 Å². The molecule has 0 aliphatic rings. The standard InChI is InChI=1S/C29H22NO2.C5H8O2.Ir/c1-29(2,3)20-13-11-18(12-14-20)26-16-19-15-24(30-17-27(19)31-26)23-9-6-8-22-21-7-4-5-10-25(21)32-28(22)23;1-4(6)3-5(2)7;/h4-8,10-17H,1-3H3;3,6H,1-2H3;/q-1;;/b;4-3-;. The van der Waals surface area contributed by atoms with Crippen LogP contribution < -0.4 is 0 Å². The van der Waals surface area contributed by atoms with E-state index in [1.807, 2.05) is 36.4 Å². The zero-order chi connectivity index (χ0) is 27.7. The maximum atomic E-state index is 10.0. The van der Waals surface area contributed by atoms with Crippen LogP contribution in [0.4, 0.5) is 0 Å². The smallest absolute Gasteiger partial charge is 0.155 e. The van der Waals surface area contributed by atoms with Gasteiger partial charge in [-0.05, 0) is 42.7 Å². The van der Waals surface area contributed by atoms with Crippen molar-refractivity contribution in [3.8, 4) is 22.6 Å². The summed E-state index contributed by atoms with van der Waals surface area (Å²) in [5.74, 6) is 0.776. The number of rotatable bonds is 3. The topological polar surface area (TPSA) is 76.5 Å². The first-order valence-corrected chi connectivity index (χ1v) is 12.8. The normalized spacial score (nSPS) is 11.8. The van der Waals surface area contributed by atoms with Gasteiger partial charge in [-0.3, -0.25) is 4.79 Å². The van der Waals surface area contributed by atoms with Gasteiger partial charge >= 0.3 is 0 Å². The molecule has 1 radical (unpaired) electrons. The van der Waals surface area contributed by atoms with E-state index in [0.717, 1.165) is 55.5 Å². The van der Waals surface area contributed by atoms with Crippen LogP contribution in [-0.2, 0) is 30.3 Å². The summed E-state index contributed by atoms with van der Waals surface area (Å²) in [6, 6.07) is 28.1. The first-order chi connectivity index (χ1) is 18.6. The molecule has 1 N–H and O–H groups in total. The zero-order valence-electron chi connectivity index (χ0n) is 23.0. The number of carbonyl (C=O) groups is 1. The molecule has 0 atom stereocenters. The Labute approximate surface area is 246 Å². The quantitative estimate of drug-likeness (QED) is 0.113. The number of hydrogen-bond donors (Lipinski definition) is 1. The minimum Gasteiger partial charge on any atom is -0.512 e. The van der Waals surface area contributed by atoms with Crippen molar-refractivity contribution < 1.29 is 38.8 Å². The number of furan rings is 2. The van der Waals surface area contributed by atoms with Gasteiger partial charge in [0.05, 0.1) is 17.5 Å². The van der Waals surface area contributed by atoms with Gasteiger partial charge in [0.15, 0.2) is 11.4 Å². The second-order valence-electron chi connectivity index (χ2n) is 10.6. The molecule has 0 spiro atoms. The Morgan fingerprint density at radius 2 is 1.65 bits per heavy atom. The summed E-state index contributed by atoms with van der Waals surface area (Å²) in [5, 5.41) is 11.5. The molecule has 0 aliphatic carbocycles. The summed E-state index contributed by atoms with van der Waals surface area (Å²) in [7, 11) is 0. The van der Waals surface area contributed by atoms with Crippen LogP contribution in [0.25, 0.3) is 55.5 Å². The third-order valence-electron chi connectivity index (χ3n) is 6.45. The van der Waals surface area contributed by atoms with Gasteiger partial charge < -0.3 is 18.9 Å². The minimum absolute atomic E-state index is 0. The molecule has 3 aromatic carbocycles. The van der Waals surface area contributed by atoms with Gasteiger partial charge in [0.25, 0.3) is 0 Å². The van der Waals surface area contributed by atoms with E-state index in [9.17, 15) is 4.79 Å². The van der Waals surface area contributed by atoms with Crippen molar-refractivity contribution in [3.05, 3.63) is 102 Å². The molecular formula is C34H30IrNO4-. The van der Waals surface area contributed by atoms with Gasteiger partial charge in [0, 0.05) is 42.5 Å². The second kappa shape index (κ2) is 11.6. The molecule has 5 nitrogen and oxygen atoms in total. The molecule has 0 bridgehead atoms. The molecular weight excluding hydrogens is 679 g/mol. The Balaban J connectivity index is 0.000000413. The number of ketones is 1. The largest absolute Gasteiger partial charge is 0.512 e. The predicted molar refractivity (Wildman–Crippen MR) is 157 cm³/mol. The third kappa shape index (κ3) is 6.09. The molecule has 3 heterocycles. The number of carbonyl (C=O) groups excluding carboxylic acids is 1. The Kier molecular flexibility index (Phi) is 8.43. The zero-order valence-corrected chi connectivity index (χ0v) is 25.4. The molecule has 40 heavy (non-hydrogen) atoms. The van der Waals surface area contributed by atoms with Crippen molar-refractivity contribution in [1.29, 1.82) is 0 Å². The third-order valence-corrected chi connectivity index (χ3v) is 6.45. The molecule has 0 aliphatic heterocycles. The first kappa shape index (κ1) is 29.0. The van der Waals surface area contributed by atoms with Crippen molar-refractivity contribution in [2.75, 3.05) is 0 Å². The van der Waals surface area contributed by atoms with E-state index in [-0.39, 0.29) is 37.1 Å². The number of aliphatic hydroxyl groups is 1. The van der Waals surface area contributed by atoms with Gasteiger partial charge in [-0.15, -0.1) is 18.2 Å². The van der Waals surface area contributed by atoms with Crippen LogP contribution in [0.1, 0.15) is 40.2 Å². The molecule has 0 fully saturated rings. The molecule has 0 saturated carbocycles. The SMILES string of the molecule is CC(=O)/C=C(/C)O.CC(C)(C)c1ccc(-c2cc3cc(-c4[c-]ccc5c4oc4ccccc45)ncc3o2)cc1.[Ir]. The summed E-state index contributed by atoms with van der Waals surface area (Å²) in [6.45, 7) is 9.50. The van der Waals surface area contributed by atoms with Crippen LogP contribution in [0.2, 0.25) is 0 Å². The summed E-state index contributed by atoms with van der Waals surface area (Å²) in [6.07, 6.45) is 2.95. The maximum absolute atomic E-state index is 10.0. The number of fused-ring (bicyclic) bond motifs is 4. The van der Waals surface area contributed by atoms with E-state index in [0.29, 0.717) is 0 Å². The average Bonchev–Trinajstić information content (AvgIpc) is 3.49. The molecule has 0 amide bonds. The Hall–Kier alpha value is -3.99. The molecule has 6 heteroatoms. The Morgan fingerprint density at radius 3 is 2.30 bits per heavy atom. The van der Waals surface area contributed by atoms with Crippen LogP contribution in [0.15, 0.2) is 99.7 Å². The number of benzene rings is 3. The van der Waals surface area contributed by atoms with Gasteiger partial charge in [-0.1, -0.05) is 80.3 Å². The fourth-order valence-corrected chi connectivity index (χ4v) is 4.53.